The molecule has 0 saturated heterocycles. The molecule has 3 heterocycles. The molecule has 1 aromatic carbocycles. The van der Waals surface area contributed by atoms with Gasteiger partial charge in [-0.3, -0.25) is 14.2 Å². The molecular formula is C20H17N5O4. The van der Waals surface area contributed by atoms with E-state index in [0.29, 0.717) is 17.1 Å². The van der Waals surface area contributed by atoms with Gasteiger partial charge >= 0.3 is 5.69 Å². The molecule has 146 valence electrons. The molecule has 2 aliphatic rings. The number of nitrogens with zero attached hydrogens (tertiary/aromatic N) is 5. The highest BCUT2D eigenvalue weighted by Crippen LogP contribution is 2.28. The lowest BCUT2D eigenvalue weighted by Gasteiger charge is -2.16. The summed E-state index contributed by atoms with van der Waals surface area (Å²) in [4.78, 5) is 43.6. The molecule has 0 fully saturated rings. The average molecular weight is 391 g/mol. The number of rotatable bonds is 4. The zero-order chi connectivity index (χ0) is 20.7. The molecule has 0 saturated carbocycles. The Morgan fingerprint density at radius 2 is 1.69 bits per heavy atom. The van der Waals surface area contributed by atoms with Gasteiger partial charge in [0, 0.05) is 24.2 Å². The quantitative estimate of drug-likeness (QED) is 0.490. The molecule has 0 bridgehead atoms. The van der Waals surface area contributed by atoms with Crippen LogP contribution in [0.5, 0.6) is 0 Å². The number of aromatic nitrogens is 5. The van der Waals surface area contributed by atoms with Crippen molar-refractivity contribution in [3.63, 3.8) is 0 Å². The number of carbonyl (C=O) groups excluding carboxylic acids is 1. The molecule has 0 spiro atoms. The molecule has 0 aliphatic carbocycles. The van der Waals surface area contributed by atoms with Gasteiger partial charge in [-0.25, -0.2) is 14.5 Å². The predicted molar refractivity (Wildman–Crippen MR) is 105 cm³/mol. The van der Waals surface area contributed by atoms with Crippen molar-refractivity contribution >= 4 is 6.29 Å². The Hall–Kier alpha value is -3.88. The zero-order valence-electron chi connectivity index (χ0n) is 16.0. The molecule has 0 unspecified atom stereocenters. The van der Waals surface area contributed by atoms with Crippen molar-refractivity contribution in [2.45, 2.75) is 19.9 Å². The van der Waals surface area contributed by atoms with Gasteiger partial charge in [0.2, 0.25) is 5.82 Å². The monoisotopic (exact) mass is 391 g/mol. The van der Waals surface area contributed by atoms with Crippen LogP contribution in [0.25, 0.3) is 34.4 Å². The van der Waals surface area contributed by atoms with E-state index in [9.17, 15) is 14.4 Å². The third-order valence-electron chi connectivity index (χ3n) is 4.49. The van der Waals surface area contributed by atoms with Gasteiger partial charge in [-0.15, -0.1) is 5.10 Å². The Morgan fingerprint density at radius 1 is 1.00 bits per heavy atom. The van der Waals surface area contributed by atoms with Crippen molar-refractivity contribution in [3.8, 4) is 34.4 Å². The predicted octanol–water partition coefficient (Wildman–Crippen LogP) is 2.16. The second-order valence-electron chi connectivity index (χ2n) is 6.81. The minimum atomic E-state index is -0.660. The fourth-order valence-electron chi connectivity index (χ4n) is 2.90. The van der Waals surface area contributed by atoms with Crippen LogP contribution in [0, 0.1) is 0 Å². The molecule has 1 aromatic heterocycles. The van der Waals surface area contributed by atoms with E-state index in [1.807, 2.05) is 13.8 Å². The molecule has 0 atom stereocenters. The number of hydrogen-bond donors (Lipinski definition) is 0. The zero-order valence-corrected chi connectivity index (χ0v) is 16.0. The number of hydrogen-bond acceptors (Lipinski definition) is 7. The number of carbonyl (C=O) groups is 1. The Kier molecular flexibility index (Phi) is 4.42. The summed E-state index contributed by atoms with van der Waals surface area (Å²) >= 11 is 0. The van der Waals surface area contributed by atoms with Crippen molar-refractivity contribution in [1.82, 2.24) is 24.3 Å². The van der Waals surface area contributed by atoms with Gasteiger partial charge < -0.3 is 4.42 Å². The summed E-state index contributed by atoms with van der Waals surface area (Å²) in [5.41, 5.74) is 0.186. The number of benzene rings is 1. The standard InChI is InChI=1S/C20H17N5O4/c1-11(2)25-18-16(19(27)24(3)20(28)22-18)21-17(23-25)15-9-8-14(29-15)13-6-4-12(10-26)5-7-13/h4-11H,1-3H3. The number of furan rings is 1. The van der Waals surface area contributed by atoms with Gasteiger partial charge in [-0.2, -0.15) is 4.98 Å². The first kappa shape index (κ1) is 18.5. The molecule has 2 aliphatic heterocycles. The van der Waals surface area contributed by atoms with Crippen molar-refractivity contribution in [2.24, 2.45) is 7.05 Å². The van der Waals surface area contributed by atoms with Crippen molar-refractivity contribution < 1.29 is 9.21 Å². The molecular weight excluding hydrogens is 374 g/mol. The maximum absolute atomic E-state index is 12.6. The van der Waals surface area contributed by atoms with Crippen LogP contribution in [0.15, 0.2) is 50.4 Å². The molecule has 29 heavy (non-hydrogen) atoms. The SMILES string of the molecule is CC(C)n1nc(-c2ccc(-c3ccc(C=O)cc3)o2)nc2c(=O)n(C)c(=O)nc1-2. The third kappa shape index (κ3) is 3.16. The van der Waals surface area contributed by atoms with Gasteiger partial charge in [-0.1, -0.05) is 24.3 Å². The summed E-state index contributed by atoms with van der Waals surface area (Å²) in [6, 6.07) is 10.2. The number of aldehydes is 1. The van der Waals surface area contributed by atoms with Gasteiger partial charge in [0.25, 0.3) is 5.56 Å². The lowest BCUT2D eigenvalue weighted by Crippen LogP contribution is -2.37. The maximum atomic E-state index is 12.6. The first-order chi connectivity index (χ1) is 13.9. The fourth-order valence-corrected chi connectivity index (χ4v) is 2.90. The highest BCUT2D eigenvalue weighted by atomic mass is 16.3. The summed E-state index contributed by atoms with van der Waals surface area (Å²) in [5.74, 6) is 1.27. The van der Waals surface area contributed by atoms with Gasteiger partial charge in [0.15, 0.2) is 17.3 Å². The smallest absolute Gasteiger partial charge is 0.352 e. The van der Waals surface area contributed by atoms with Crippen LogP contribution >= 0.6 is 0 Å². The summed E-state index contributed by atoms with van der Waals surface area (Å²) in [6.07, 6.45) is 0.771. The summed E-state index contributed by atoms with van der Waals surface area (Å²) < 4.78 is 8.29. The Bertz CT molecular complexity index is 1300. The minimum Gasteiger partial charge on any atom is -0.453 e. The van der Waals surface area contributed by atoms with Crippen LogP contribution in [0.2, 0.25) is 0 Å². The largest absolute Gasteiger partial charge is 0.453 e. The average Bonchev–Trinajstić information content (AvgIpc) is 3.22. The van der Waals surface area contributed by atoms with E-state index < -0.39 is 11.2 Å². The first-order valence-electron chi connectivity index (χ1n) is 8.92. The van der Waals surface area contributed by atoms with Crippen LogP contribution in [0.1, 0.15) is 30.2 Å². The topological polar surface area (TPSA) is 113 Å². The van der Waals surface area contributed by atoms with Crippen LogP contribution < -0.4 is 11.2 Å². The Balaban J connectivity index is 1.87. The van der Waals surface area contributed by atoms with E-state index in [1.165, 1.54) is 11.7 Å². The van der Waals surface area contributed by atoms with Crippen LogP contribution in [-0.2, 0) is 7.05 Å². The lowest BCUT2D eigenvalue weighted by atomic mass is 10.1. The molecule has 0 radical (unpaired) electrons. The summed E-state index contributed by atoms with van der Waals surface area (Å²) in [5, 5.41) is 4.43. The molecule has 2 aromatic rings. The molecule has 0 N–H and O–H groups in total. The van der Waals surface area contributed by atoms with E-state index in [0.717, 1.165) is 16.4 Å². The van der Waals surface area contributed by atoms with Crippen LogP contribution in [-0.4, -0.2) is 30.6 Å². The summed E-state index contributed by atoms with van der Waals surface area (Å²) in [6.45, 7) is 3.73. The molecule has 0 amide bonds. The first-order valence-corrected chi connectivity index (χ1v) is 8.92. The highest BCUT2D eigenvalue weighted by Gasteiger charge is 2.23. The van der Waals surface area contributed by atoms with E-state index in [4.69, 9.17) is 4.42 Å². The fraction of sp³-hybridized carbons (Fsp3) is 0.200. The normalized spacial score (nSPS) is 11.3. The van der Waals surface area contributed by atoms with Gasteiger partial charge in [0.1, 0.15) is 12.0 Å². The second-order valence-corrected chi connectivity index (χ2v) is 6.81. The van der Waals surface area contributed by atoms with E-state index >= 15 is 0 Å². The van der Waals surface area contributed by atoms with Crippen molar-refractivity contribution in [2.75, 3.05) is 0 Å². The van der Waals surface area contributed by atoms with Crippen molar-refractivity contribution in [3.05, 3.63) is 62.8 Å². The van der Waals surface area contributed by atoms with Gasteiger partial charge in [0.05, 0.1) is 0 Å². The minimum absolute atomic E-state index is 0.0408. The molecule has 9 heteroatoms. The second kappa shape index (κ2) is 6.93. The molecule has 4 rings (SSSR count). The van der Waals surface area contributed by atoms with Crippen LogP contribution in [0.3, 0.4) is 0 Å². The van der Waals surface area contributed by atoms with E-state index in [2.05, 4.69) is 15.1 Å². The maximum Gasteiger partial charge on any atom is 0.352 e. The van der Waals surface area contributed by atoms with E-state index in [1.54, 1.807) is 36.4 Å². The van der Waals surface area contributed by atoms with Crippen molar-refractivity contribution in [1.29, 1.82) is 0 Å². The lowest BCUT2D eigenvalue weighted by molar-refractivity contribution is 0.112. The van der Waals surface area contributed by atoms with E-state index in [-0.39, 0.29) is 23.4 Å². The van der Waals surface area contributed by atoms with Crippen LogP contribution in [0.4, 0.5) is 0 Å². The van der Waals surface area contributed by atoms with Gasteiger partial charge in [-0.05, 0) is 26.0 Å². The Labute approximate surface area is 164 Å². The molecule has 9 nitrogen and oxygen atoms in total. The summed E-state index contributed by atoms with van der Waals surface area (Å²) in [7, 11) is 1.35. The highest BCUT2D eigenvalue weighted by molar-refractivity contribution is 5.76. The Morgan fingerprint density at radius 3 is 2.34 bits per heavy atom. The number of fused-ring (bicyclic) bond motifs is 1. The third-order valence-corrected chi connectivity index (χ3v) is 4.49.